The largest absolute Gasteiger partial charge is 0.384 e. The van der Waals surface area contributed by atoms with Crippen LogP contribution in [0.1, 0.15) is 5.56 Å². The molecule has 0 atom stereocenters. The summed E-state index contributed by atoms with van der Waals surface area (Å²) < 4.78 is 0. The number of hydrogen-bond acceptors (Lipinski definition) is 3. The summed E-state index contributed by atoms with van der Waals surface area (Å²) in [5.41, 5.74) is 2.62. The van der Waals surface area contributed by atoms with Gasteiger partial charge in [0.05, 0.1) is 5.03 Å². The molecule has 0 aromatic carbocycles. The summed E-state index contributed by atoms with van der Waals surface area (Å²) in [6.07, 6.45) is 5.14. The van der Waals surface area contributed by atoms with Crippen LogP contribution >= 0.6 is 11.8 Å². The maximum absolute atomic E-state index is 4.29. The zero-order valence-electron chi connectivity index (χ0n) is 6.42. The fraction of sp³-hybridized carbons (Fsp3) is 0.375. The lowest BCUT2D eigenvalue weighted by Gasteiger charge is -2.00. The van der Waals surface area contributed by atoms with Crippen LogP contribution in [-0.2, 0) is 6.42 Å². The molecule has 0 spiro atoms. The van der Waals surface area contributed by atoms with Gasteiger partial charge in [-0.1, -0.05) is 0 Å². The minimum absolute atomic E-state index is 1.06. The van der Waals surface area contributed by atoms with Crippen molar-refractivity contribution in [2.45, 2.75) is 11.4 Å². The number of hydrogen-bond donors (Lipinski definition) is 1. The highest BCUT2D eigenvalue weighted by atomic mass is 32.2. The monoisotopic (exact) mass is 166 g/mol. The molecule has 0 bridgehead atoms. The lowest BCUT2D eigenvalue weighted by atomic mass is 10.2. The van der Waals surface area contributed by atoms with Crippen molar-refractivity contribution in [3.05, 3.63) is 17.8 Å². The van der Waals surface area contributed by atoms with Gasteiger partial charge in [0.15, 0.2) is 0 Å². The van der Waals surface area contributed by atoms with Gasteiger partial charge in [0.2, 0.25) is 0 Å². The molecule has 11 heavy (non-hydrogen) atoms. The molecule has 1 aliphatic rings. The van der Waals surface area contributed by atoms with Gasteiger partial charge < -0.3 is 5.32 Å². The summed E-state index contributed by atoms with van der Waals surface area (Å²) in [5.74, 6) is 0. The number of nitrogens with zero attached hydrogens (tertiary/aromatic N) is 1. The highest BCUT2D eigenvalue weighted by Crippen LogP contribution is 2.24. The van der Waals surface area contributed by atoms with E-state index in [0.717, 1.165) is 18.0 Å². The predicted octanol–water partition coefficient (Wildman–Crippen LogP) is 1.77. The number of rotatable bonds is 1. The standard InChI is InChI=1S/C8H10N2S/c1-11-8-4-7-6(5-10-8)2-3-9-7/h4-5,9H,2-3H2,1H3. The lowest BCUT2D eigenvalue weighted by molar-refractivity contribution is 1.07. The second-order valence-corrected chi connectivity index (χ2v) is 3.39. The molecule has 1 aliphatic heterocycles. The van der Waals surface area contributed by atoms with Gasteiger partial charge in [0.1, 0.15) is 0 Å². The van der Waals surface area contributed by atoms with Gasteiger partial charge in [-0.25, -0.2) is 4.98 Å². The van der Waals surface area contributed by atoms with Crippen LogP contribution in [0.4, 0.5) is 5.69 Å². The van der Waals surface area contributed by atoms with Gasteiger partial charge in [-0.05, 0) is 24.3 Å². The number of aromatic nitrogens is 1. The van der Waals surface area contributed by atoms with E-state index in [1.165, 1.54) is 11.3 Å². The fourth-order valence-electron chi connectivity index (χ4n) is 1.27. The fourth-order valence-corrected chi connectivity index (χ4v) is 1.67. The molecule has 0 aliphatic carbocycles. The van der Waals surface area contributed by atoms with E-state index in [2.05, 4.69) is 16.4 Å². The minimum atomic E-state index is 1.06. The first-order valence-electron chi connectivity index (χ1n) is 3.67. The van der Waals surface area contributed by atoms with Crippen LogP contribution in [0.2, 0.25) is 0 Å². The zero-order valence-corrected chi connectivity index (χ0v) is 7.24. The Morgan fingerprint density at radius 2 is 2.55 bits per heavy atom. The molecule has 58 valence electrons. The maximum Gasteiger partial charge on any atom is 0.0977 e. The van der Waals surface area contributed by atoms with E-state index in [-0.39, 0.29) is 0 Å². The van der Waals surface area contributed by atoms with Crippen molar-refractivity contribution >= 4 is 17.4 Å². The van der Waals surface area contributed by atoms with E-state index in [4.69, 9.17) is 0 Å². The van der Waals surface area contributed by atoms with Crippen molar-refractivity contribution in [2.75, 3.05) is 18.1 Å². The Morgan fingerprint density at radius 1 is 1.64 bits per heavy atom. The van der Waals surface area contributed by atoms with Gasteiger partial charge in [0, 0.05) is 18.4 Å². The van der Waals surface area contributed by atoms with Crippen LogP contribution < -0.4 is 5.32 Å². The summed E-state index contributed by atoms with van der Waals surface area (Å²) in [7, 11) is 0. The Morgan fingerprint density at radius 3 is 3.36 bits per heavy atom. The lowest BCUT2D eigenvalue weighted by Crippen LogP contribution is -1.90. The first-order valence-corrected chi connectivity index (χ1v) is 4.89. The van der Waals surface area contributed by atoms with Crippen molar-refractivity contribution in [3.8, 4) is 0 Å². The number of anilines is 1. The molecular formula is C8H10N2S. The minimum Gasteiger partial charge on any atom is -0.384 e. The molecule has 1 N–H and O–H groups in total. The first-order chi connectivity index (χ1) is 5.40. The zero-order chi connectivity index (χ0) is 7.68. The molecule has 0 saturated carbocycles. The molecule has 0 fully saturated rings. The van der Waals surface area contributed by atoms with Crippen molar-refractivity contribution in [3.63, 3.8) is 0 Å². The molecule has 1 aromatic rings. The molecule has 0 amide bonds. The van der Waals surface area contributed by atoms with E-state index in [9.17, 15) is 0 Å². The summed E-state index contributed by atoms with van der Waals surface area (Å²) in [6, 6.07) is 2.12. The van der Waals surface area contributed by atoms with Crippen LogP contribution in [0.5, 0.6) is 0 Å². The van der Waals surface area contributed by atoms with E-state index >= 15 is 0 Å². The van der Waals surface area contributed by atoms with Crippen LogP contribution in [0, 0.1) is 0 Å². The molecule has 0 saturated heterocycles. The molecule has 1 aromatic heterocycles. The Balaban J connectivity index is 2.41. The number of nitrogens with one attached hydrogen (secondary N) is 1. The highest BCUT2D eigenvalue weighted by Gasteiger charge is 2.09. The second kappa shape index (κ2) is 2.74. The van der Waals surface area contributed by atoms with Gasteiger partial charge >= 0.3 is 0 Å². The first kappa shape index (κ1) is 6.98. The van der Waals surface area contributed by atoms with Gasteiger partial charge in [0.25, 0.3) is 0 Å². The molecular weight excluding hydrogens is 156 g/mol. The summed E-state index contributed by atoms with van der Waals surface area (Å²) in [5, 5.41) is 4.42. The maximum atomic E-state index is 4.29. The highest BCUT2D eigenvalue weighted by molar-refractivity contribution is 7.98. The van der Waals surface area contributed by atoms with E-state index in [1.807, 2.05) is 12.5 Å². The van der Waals surface area contributed by atoms with Gasteiger partial charge in [-0.15, -0.1) is 11.8 Å². The second-order valence-electron chi connectivity index (χ2n) is 2.56. The number of thioether (sulfide) groups is 1. The number of fused-ring (bicyclic) bond motifs is 1. The SMILES string of the molecule is CSc1cc2c(cn1)CCN2. The Labute approximate surface area is 70.4 Å². The predicted molar refractivity (Wildman–Crippen MR) is 48.2 cm³/mol. The molecule has 3 heteroatoms. The summed E-state index contributed by atoms with van der Waals surface area (Å²) >= 11 is 1.68. The van der Waals surface area contributed by atoms with Gasteiger partial charge in [-0.3, -0.25) is 0 Å². The van der Waals surface area contributed by atoms with Gasteiger partial charge in [-0.2, -0.15) is 0 Å². The van der Waals surface area contributed by atoms with Crippen LogP contribution in [0.15, 0.2) is 17.3 Å². The third-order valence-corrected chi connectivity index (χ3v) is 2.52. The van der Waals surface area contributed by atoms with Crippen molar-refractivity contribution in [1.29, 1.82) is 0 Å². The molecule has 0 unspecified atom stereocenters. The topological polar surface area (TPSA) is 24.9 Å². The molecule has 2 nitrogen and oxygen atoms in total. The third-order valence-electron chi connectivity index (χ3n) is 1.88. The van der Waals surface area contributed by atoms with Crippen molar-refractivity contribution in [2.24, 2.45) is 0 Å². The third kappa shape index (κ3) is 1.20. The average molecular weight is 166 g/mol. The quantitative estimate of drug-likeness (QED) is 0.644. The Hall–Kier alpha value is -0.700. The molecule has 0 radical (unpaired) electrons. The number of pyridine rings is 1. The summed E-state index contributed by atoms with van der Waals surface area (Å²) in [4.78, 5) is 4.29. The Kier molecular flexibility index (Phi) is 1.74. The van der Waals surface area contributed by atoms with Crippen molar-refractivity contribution < 1.29 is 0 Å². The molecule has 2 rings (SSSR count). The average Bonchev–Trinajstić information content (AvgIpc) is 2.50. The van der Waals surface area contributed by atoms with E-state index in [1.54, 1.807) is 11.8 Å². The normalized spacial score (nSPS) is 14.3. The van der Waals surface area contributed by atoms with E-state index < -0.39 is 0 Å². The van der Waals surface area contributed by atoms with Crippen LogP contribution in [0.25, 0.3) is 0 Å². The van der Waals surface area contributed by atoms with Crippen molar-refractivity contribution in [1.82, 2.24) is 4.98 Å². The van der Waals surface area contributed by atoms with Crippen LogP contribution in [-0.4, -0.2) is 17.8 Å². The molecule has 2 heterocycles. The summed E-state index contributed by atoms with van der Waals surface area (Å²) in [6.45, 7) is 1.06. The van der Waals surface area contributed by atoms with Crippen LogP contribution in [0.3, 0.4) is 0 Å². The smallest absolute Gasteiger partial charge is 0.0977 e. The van der Waals surface area contributed by atoms with E-state index in [0.29, 0.717) is 0 Å². The Bertz CT molecular complexity index is 273.